The molecular formula is C23H23N5O. The number of hydrogen-bond acceptors (Lipinski definition) is 3. The topological polar surface area (TPSA) is 75.1 Å². The molecule has 0 bridgehead atoms. The first-order valence-electron chi connectivity index (χ1n) is 9.49. The predicted octanol–water partition coefficient (Wildman–Crippen LogP) is 4.42. The molecule has 2 aromatic carbocycles. The van der Waals surface area contributed by atoms with E-state index in [4.69, 9.17) is 0 Å². The average Bonchev–Trinajstić information content (AvgIpc) is 3.33. The van der Waals surface area contributed by atoms with E-state index in [1.165, 1.54) is 0 Å². The second-order valence-corrected chi connectivity index (χ2v) is 7.90. The maximum atomic E-state index is 12.9. The van der Waals surface area contributed by atoms with Crippen LogP contribution in [0.15, 0.2) is 72.0 Å². The molecule has 0 spiro atoms. The molecular weight excluding hydrogens is 362 g/mol. The number of nitrogens with zero attached hydrogens (tertiary/aromatic N) is 3. The van der Waals surface area contributed by atoms with Gasteiger partial charge in [0.25, 0.3) is 5.91 Å². The number of fused-ring (bicyclic) bond motifs is 1. The summed E-state index contributed by atoms with van der Waals surface area (Å²) >= 11 is 0. The van der Waals surface area contributed by atoms with E-state index in [0.717, 1.165) is 27.8 Å². The Morgan fingerprint density at radius 1 is 1.10 bits per heavy atom. The molecule has 0 fully saturated rings. The summed E-state index contributed by atoms with van der Waals surface area (Å²) in [7, 11) is 0. The van der Waals surface area contributed by atoms with Gasteiger partial charge in [0.15, 0.2) is 0 Å². The van der Waals surface area contributed by atoms with Gasteiger partial charge >= 0.3 is 0 Å². The van der Waals surface area contributed by atoms with Crippen molar-refractivity contribution in [1.82, 2.24) is 20.2 Å². The van der Waals surface area contributed by atoms with Crippen molar-refractivity contribution in [2.24, 2.45) is 5.10 Å². The monoisotopic (exact) mass is 385 g/mol. The molecule has 0 unspecified atom stereocenters. The highest BCUT2D eigenvalue weighted by Crippen LogP contribution is 2.23. The third-order valence-electron chi connectivity index (χ3n) is 4.70. The fraction of sp³-hybridized carbons (Fsp3) is 0.174. The lowest BCUT2D eigenvalue weighted by Crippen LogP contribution is -2.21. The highest BCUT2D eigenvalue weighted by molar-refractivity contribution is 6.00. The molecule has 2 N–H and O–H groups in total. The van der Waals surface area contributed by atoms with E-state index in [-0.39, 0.29) is 11.3 Å². The quantitative estimate of drug-likeness (QED) is 0.403. The standard InChI is InChI=1S/C23H23N5O/c1-23(2,3)21-13-20(28(27-21)17-9-5-4-6-10-17)22(29)26-25-15-16-14-24-19-12-8-7-11-18(16)19/h4-15,24H,1-3H3,(H,26,29)/b25-15+. The number of H-pyrrole nitrogens is 1. The third kappa shape index (κ3) is 3.82. The van der Waals surface area contributed by atoms with Crippen LogP contribution in [0, 0.1) is 0 Å². The Morgan fingerprint density at radius 2 is 1.83 bits per heavy atom. The minimum absolute atomic E-state index is 0.178. The van der Waals surface area contributed by atoms with Crippen LogP contribution in [0.2, 0.25) is 0 Å². The zero-order valence-corrected chi connectivity index (χ0v) is 16.7. The zero-order chi connectivity index (χ0) is 20.4. The van der Waals surface area contributed by atoms with E-state index in [1.807, 2.05) is 66.9 Å². The number of hydrazone groups is 1. The van der Waals surface area contributed by atoms with Crippen LogP contribution in [0.4, 0.5) is 0 Å². The zero-order valence-electron chi connectivity index (χ0n) is 16.7. The molecule has 0 radical (unpaired) electrons. The van der Waals surface area contributed by atoms with E-state index < -0.39 is 0 Å². The third-order valence-corrected chi connectivity index (χ3v) is 4.70. The van der Waals surface area contributed by atoms with Crippen LogP contribution in [-0.4, -0.2) is 26.9 Å². The molecule has 4 rings (SSSR count). The van der Waals surface area contributed by atoms with Crippen LogP contribution in [0.5, 0.6) is 0 Å². The lowest BCUT2D eigenvalue weighted by molar-refractivity contribution is 0.0947. The molecule has 1 amide bonds. The van der Waals surface area contributed by atoms with Crippen molar-refractivity contribution >= 4 is 23.0 Å². The van der Waals surface area contributed by atoms with Gasteiger partial charge in [0.05, 0.1) is 17.6 Å². The summed E-state index contributed by atoms with van der Waals surface area (Å²) in [5.74, 6) is -0.312. The van der Waals surface area contributed by atoms with Crippen molar-refractivity contribution in [2.75, 3.05) is 0 Å². The number of aromatic nitrogens is 3. The SMILES string of the molecule is CC(C)(C)c1cc(C(=O)N/N=C/c2c[nH]c3ccccc23)n(-c2ccccc2)n1. The molecule has 6 nitrogen and oxygen atoms in total. The van der Waals surface area contributed by atoms with Gasteiger partial charge < -0.3 is 4.98 Å². The Hall–Kier alpha value is -3.67. The summed E-state index contributed by atoms with van der Waals surface area (Å²) in [4.78, 5) is 16.1. The number of amides is 1. The maximum Gasteiger partial charge on any atom is 0.290 e. The minimum Gasteiger partial charge on any atom is -0.361 e. The number of nitrogens with one attached hydrogen (secondary N) is 2. The van der Waals surface area contributed by atoms with Gasteiger partial charge in [0.2, 0.25) is 0 Å². The first kappa shape index (κ1) is 18.7. The lowest BCUT2D eigenvalue weighted by atomic mass is 9.92. The van der Waals surface area contributed by atoms with Gasteiger partial charge in [-0.1, -0.05) is 57.2 Å². The Balaban J connectivity index is 1.62. The summed E-state index contributed by atoms with van der Waals surface area (Å²) in [5.41, 5.74) is 6.50. The fourth-order valence-electron chi connectivity index (χ4n) is 3.09. The number of para-hydroxylation sites is 2. The van der Waals surface area contributed by atoms with Gasteiger partial charge in [-0.25, -0.2) is 10.1 Å². The molecule has 0 aliphatic heterocycles. The smallest absolute Gasteiger partial charge is 0.290 e. The number of carbonyl (C=O) groups is 1. The summed E-state index contributed by atoms with van der Waals surface area (Å²) < 4.78 is 1.66. The first-order chi connectivity index (χ1) is 13.9. The Morgan fingerprint density at radius 3 is 2.59 bits per heavy atom. The summed E-state index contributed by atoms with van der Waals surface area (Å²) in [5, 5.41) is 9.88. The molecule has 2 heterocycles. The Labute approximate surface area is 169 Å². The molecule has 29 heavy (non-hydrogen) atoms. The van der Waals surface area contributed by atoms with Crippen molar-refractivity contribution in [3.63, 3.8) is 0 Å². The van der Waals surface area contributed by atoms with Crippen molar-refractivity contribution in [2.45, 2.75) is 26.2 Å². The number of carbonyl (C=O) groups excluding carboxylic acids is 1. The fourth-order valence-corrected chi connectivity index (χ4v) is 3.09. The largest absolute Gasteiger partial charge is 0.361 e. The molecule has 0 saturated heterocycles. The summed E-state index contributed by atoms with van der Waals surface area (Å²) in [6.45, 7) is 6.21. The molecule has 6 heteroatoms. The second kappa shape index (κ2) is 7.39. The van der Waals surface area contributed by atoms with Crippen LogP contribution in [-0.2, 0) is 5.41 Å². The lowest BCUT2D eigenvalue weighted by Gasteiger charge is -2.14. The predicted molar refractivity (Wildman–Crippen MR) is 116 cm³/mol. The first-order valence-corrected chi connectivity index (χ1v) is 9.49. The average molecular weight is 385 g/mol. The van der Waals surface area contributed by atoms with E-state index >= 15 is 0 Å². The maximum absolute atomic E-state index is 12.9. The highest BCUT2D eigenvalue weighted by atomic mass is 16.2. The number of benzene rings is 2. The van der Waals surface area contributed by atoms with Crippen molar-refractivity contribution in [3.05, 3.63) is 83.8 Å². The Bertz CT molecular complexity index is 1180. The molecule has 0 aliphatic rings. The summed E-state index contributed by atoms with van der Waals surface area (Å²) in [6.07, 6.45) is 3.51. The molecule has 146 valence electrons. The molecule has 0 saturated carbocycles. The van der Waals surface area contributed by atoms with Crippen molar-refractivity contribution in [3.8, 4) is 5.69 Å². The van der Waals surface area contributed by atoms with Gasteiger partial charge in [0.1, 0.15) is 5.69 Å². The number of hydrogen-bond donors (Lipinski definition) is 2. The summed E-state index contributed by atoms with van der Waals surface area (Å²) in [6, 6.07) is 19.4. The van der Waals surface area contributed by atoms with Crippen molar-refractivity contribution < 1.29 is 4.79 Å². The van der Waals surface area contributed by atoms with Crippen LogP contribution >= 0.6 is 0 Å². The van der Waals surface area contributed by atoms with E-state index in [9.17, 15) is 4.79 Å². The minimum atomic E-state index is -0.312. The van der Waals surface area contributed by atoms with E-state index in [2.05, 4.69) is 41.4 Å². The number of aromatic amines is 1. The van der Waals surface area contributed by atoms with Gasteiger partial charge in [-0.3, -0.25) is 4.79 Å². The van der Waals surface area contributed by atoms with E-state index in [1.54, 1.807) is 10.9 Å². The van der Waals surface area contributed by atoms with Crippen molar-refractivity contribution in [1.29, 1.82) is 0 Å². The van der Waals surface area contributed by atoms with Crippen LogP contribution < -0.4 is 5.43 Å². The van der Waals surface area contributed by atoms with E-state index in [0.29, 0.717) is 5.69 Å². The molecule has 2 aromatic heterocycles. The Kier molecular flexibility index (Phi) is 4.76. The van der Waals surface area contributed by atoms with Gasteiger partial charge in [-0.15, -0.1) is 0 Å². The van der Waals surface area contributed by atoms with Gasteiger partial charge in [-0.05, 0) is 24.3 Å². The number of rotatable bonds is 4. The molecule has 4 aromatic rings. The normalized spacial score (nSPS) is 12.0. The molecule has 0 atom stereocenters. The van der Waals surface area contributed by atoms with Crippen LogP contribution in [0.25, 0.3) is 16.6 Å². The second-order valence-electron chi connectivity index (χ2n) is 7.90. The van der Waals surface area contributed by atoms with Crippen LogP contribution in [0.3, 0.4) is 0 Å². The van der Waals surface area contributed by atoms with Crippen LogP contribution in [0.1, 0.15) is 42.5 Å². The van der Waals surface area contributed by atoms with Gasteiger partial charge in [0, 0.05) is 28.1 Å². The van der Waals surface area contributed by atoms with Gasteiger partial charge in [-0.2, -0.15) is 10.2 Å². The molecule has 0 aliphatic carbocycles. The highest BCUT2D eigenvalue weighted by Gasteiger charge is 2.23.